The molecular formula is C13H17NO4S. The average molecular weight is 283 g/mol. The summed E-state index contributed by atoms with van der Waals surface area (Å²) in [7, 11) is -3.73. The highest BCUT2D eigenvalue weighted by Gasteiger charge is 2.33. The van der Waals surface area contributed by atoms with Crippen molar-refractivity contribution in [3.05, 3.63) is 29.8 Å². The lowest BCUT2D eigenvalue weighted by molar-refractivity contribution is -0.137. The number of carboxylic acid groups (broad SMARTS) is 1. The first kappa shape index (κ1) is 14.0. The van der Waals surface area contributed by atoms with Crippen LogP contribution in [-0.2, 0) is 14.8 Å². The number of sulfonamides is 1. The highest BCUT2D eigenvalue weighted by atomic mass is 32.2. The average Bonchev–Trinajstić information content (AvgIpc) is 3.12. The van der Waals surface area contributed by atoms with Gasteiger partial charge in [-0.25, -0.2) is 8.42 Å². The van der Waals surface area contributed by atoms with Crippen molar-refractivity contribution in [1.29, 1.82) is 0 Å². The Balaban J connectivity index is 2.32. The van der Waals surface area contributed by atoms with Crippen molar-refractivity contribution >= 4 is 16.0 Å². The van der Waals surface area contributed by atoms with Gasteiger partial charge in [-0.2, -0.15) is 4.31 Å². The Labute approximate surface area is 112 Å². The number of aryl methyl sites for hydroxylation is 1. The number of nitrogens with zero attached hydrogens (tertiary/aromatic N) is 1. The monoisotopic (exact) mass is 283 g/mol. The van der Waals surface area contributed by atoms with Crippen LogP contribution in [0.5, 0.6) is 0 Å². The van der Waals surface area contributed by atoms with Crippen LogP contribution >= 0.6 is 0 Å². The number of aliphatic carboxylic acids is 1. The quantitative estimate of drug-likeness (QED) is 0.858. The molecule has 104 valence electrons. The Bertz CT molecular complexity index is 578. The van der Waals surface area contributed by atoms with Gasteiger partial charge in [-0.05, 0) is 37.3 Å². The van der Waals surface area contributed by atoms with E-state index < -0.39 is 22.5 Å². The highest BCUT2D eigenvalue weighted by molar-refractivity contribution is 7.89. The summed E-state index contributed by atoms with van der Waals surface area (Å²) >= 11 is 0. The van der Waals surface area contributed by atoms with E-state index in [1.807, 2.05) is 0 Å². The van der Waals surface area contributed by atoms with E-state index in [-0.39, 0.29) is 4.90 Å². The molecule has 0 saturated heterocycles. The predicted molar refractivity (Wildman–Crippen MR) is 70.3 cm³/mol. The van der Waals surface area contributed by atoms with Crippen molar-refractivity contribution in [2.24, 2.45) is 5.92 Å². The van der Waals surface area contributed by atoms with E-state index in [9.17, 15) is 13.2 Å². The second kappa shape index (κ2) is 5.30. The van der Waals surface area contributed by atoms with Gasteiger partial charge in [0.2, 0.25) is 10.0 Å². The number of benzene rings is 1. The predicted octanol–water partition coefficient (Wildman–Crippen LogP) is 1.48. The molecule has 0 amide bonds. The maximum Gasteiger partial charge on any atom is 0.318 e. The highest BCUT2D eigenvalue weighted by Crippen LogP contribution is 2.32. The first-order valence-corrected chi connectivity index (χ1v) is 7.63. The van der Waals surface area contributed by atoms with Gasteiger partial charge in [0.1, 0.15) is 6.54 Å². The third-order valence-electron chi connectivity index (χ3n) is 3.18. The SMILES string of the molecule is Cc1ccccc1S(=O)(=O)N(CC(=O)O)CC1CC1. The van der Waals surface area contributed by atoms with E-state index >= 15 is 0 Å². The summed E-state index contributed by atoms with van der Waals surface area (Å²) in [5, 5.41) is 8.89. The van der Waals surface area contributed by atoms with Gasteiger partial charge in [0.05, 0.1) is 4.90 Å². The molecule has 0 radical (unpaired) electrons. The van der Waals surface area contributed by atoms with Gasteiger partial charge in [0.15, 0.2) is 0 Å². The molecule has 6 heteroatoms. The summed E-state index contributed by atoms with van der Waals surface area (Å²) in [5.74, 6) is -0.823. The number of carbonyl (C=O) groups is 1. The normalized spacial score (nSPS) is 15.7. The lowest BCUT2D eigenvalue weighted by Gasteiger charge is -2.21. The number of hydrogen-bond acceptors (Lipinski definition) is 3. The molecule has 0 unspecified atom stereocenters. The van der Waals surface area contributed by atoms with Crippen molar-refractivity contribution in [2.75, 3.05) is 13.1 Å². The Hall–Kier alpha value is -1.40. The number of hydrogen-bond donors (Lipinski definition) is 1. The zero-order chi connectivity index (χ0) is 14.0. The summed E-state index contributed by atoms with van der Waals surface area (Å²) in [5.41, 5.74) is 0.633. The van der Waals surface area contributed by atoms with Crippen LogP contribution in [0.25, 0.3) is 0 Å². The minimum atomic E-state index is -3.73. The largest absolute Gasteiger partial charge is 0.480 e. The number of rotatable bonds is 6. The van der Waals surface area contributed by atoms with Crippen molar-refractivity contribution in [3.63, 3.8) is 0 Å². The van der Waals surface area contributed by atoms with Gasteiger partial charge >= 0.3 is 5.97 Å². The van der Waals surface area contributed by atoms with E-state index in [2.05, 4.69) is 0 Å². The molecule has 2 rings (SSSR count). The van der Waals surface area contributed by atoms with Gasteiger partial charge in [-0.3, -0.25) is 4.79 Å². The first-order valence-electron chi connectivity index (χ1n) is 6.19. The summed E-state index contributed by atoms with van der Waals surface area (Å²) in [6.07, 6.45) is 1.94. The molecule has 0 heterocycles. The van der Waals surface area contributed by atoms with E-state index in [0.717, 1.165) is 17.1 Å². The Kier molecular flexibility index (Phi) is 3.91. The Morgan fingerprint density at radius 2 is 2.00 bits per heavy atom. The lowest BCUT2D eigenvalue weighted by atomic mass is 10.2. The molecule has 1 N–H and O–H groups in total. The summed E-state index contributed by atoms with van der Waals surface area (Å²) < 4.78 is 26.1. The van der Waals surface area contributed by atoms with E-state index in [1.54, 1.807) is 25.1 Å². The molecule has 1 aliphatic carbocycles. The first-order chi connectivity index (χ1) is 8.91. The molecule has 0 spiro atoms. The van der Waals surface area contributed by atoms with Gasteiger partial charge in [0.25, 0.3) is 0 Å². The third kappa shape index (κ3) is 3.33. The topological polar surface area (TPSA) is 74.7 Å². The van der Waals surface area contributed by atoms with Crippen molar-refractivity contribution < 1.29 is 18.3 Å². The fourth-order valence-corrected chi connectivity index (χ4v) is 3.66. The minimum absolute atomic E-state index is 0.192. The fraction of sp³-hybridized carbons (Fsp3) is 0.462. The molecule has 1 aromatic carbocycles. The van der Waals surface area contributed by atoms with E-state index in [4.69, 9.17) is 5.11 Å². The number of carboxylic acids is 1. The minimum Gasteiger partial charge on any atom is -0.480 e. The molecule has 5 nitrogen and oxygen atoms in total. The fourth-order valence-electron chi connectivity index (χ4n) is 1.97. The Morgan fingerprint density at radius 1 is 1.37 bits per heavy atom. The van der Waals surface area contributed by atoms with Crippen LogP contribution in [0.1, 0.15) is 18.4 Å². The van der Waals surface area contributed by atoms with Crippen molar-refractivity contribution in [2.45, 2.75) is 24.7 Å². The van der Waals surface area contributed by atoms with Crippen LogP contribution in [-0.4, -0.2) is 36.9 Å². The van der Waals surface area contributed by atoms with E-state index in [0.29, 0.717) is 18.0 Å². The summed E-state index contributed by atoms with van der Waals surface area (Å²) in [4.78, 5) is 11.1. The maximum atomic E-state index is 12.5. The smallest absolute Gasteiger partial charge is 0.318 e. The van der Waals surface area contributed by atoms with E-state index in [1.165, 1.54) is 6.07 Å². The van der Waals surface area contributed by atoms with Crippen LogP contribution in [0.4, 0.5) is 0 Å². The van der Waals surface area contributed by atoms with Gasteiger partial charge in [-0.15, -0.1) is 0 Å². The molecule has 1 aliphatic rings. The van der Waals surface area contributed by atoms with Crippen molar-refractivity contribution in [1.82, 2.24) is 4.31 Å². The molecule has 0 bridgehead atoms. The maximum absolute atomic E-state index is 12.5. The molecule has 0 aromatic heterocycles. The second-order valence-corrected chi connectivity index (χ2v) is 6.81. The molecule has 19 heavy (non-hydrogen) atoms. The van der Waals surface area contributed by atoms with Gasteiger partial charge in [0, 0.05) is 6.54 Å². The zero-order valence-corrected chi connectivity index (χ0v) is 11.6. The van der Waals surface area contributed by atoms with Gasteiger partial charge in [-0.1, -0.05) is 18.2 Å². The summed E-state index contributed by atoms with van der Waals surface area (Å²) in [6.45, 7) is 1.53. The Morgan fingerprint density at radius 3 is 2.53 bits per heavy atom. The van der Waals surface area contributed by atoms with Crippen LogP contribution in [0.2, 0.25) is 0 Å². The lowest BCUT2D eigenvalue weighted by Crippen LogP contribution is -2.37. The van der Waals surface area contributed by atoms with Crippen molar-refractivity contribution in [3.8, 4) is 0 Å². The molecule has 1 aromatic rings. The van der Waals surface area contributed by atoms with Crippen LogP contribution in [0.15, 0.2) is 29.2 Å². The van der Waals surface area contributed by atoms with Crippen LogP contribution in [0.3, 0.4) is 0 Å². The molecule has 0 aliphatic heterocycles. The van der Waals surface area contributed by atoms with Gasteiger partial charge < -0.3 is 5.11 Å². The molecule has 0 atom stereocenters. The molecule has 1 saturated carbocycles. The third-order valence-corrected chi connectivity index (χ3v) is 5.15. The zero-order valence-electron chi connectivity index (χ0n) is 10.7. The summed E-state index contributed by atoms with van der Waals surface area (Å²) in [6, 6.07) is 6.64. The second-order valence-electron chi connectivity index (χ2n) is 4.90. The standard InChI is InChI=1S/C13H17NO4S/c1-10-4-2-3-5-12(10)19(17,18)14(9-13(15)16)8-11-6-7-11/h2-5,11H,6-9H2,1H3,(H,15,16). The molecule has 1 fully saturated rings. The van der Waals surface area contributed by atoms with Crippen LogP contribution in [0, 0.1) is 12.8 Å². The van der Waals surface area contributed by atoms with Crippen LogP contribution < -0.4 is 0 Å². The molecular weight excluding hydrogens is 266 g/mol.